The second kappa shape index (κ2) is 5.05. The van der Waals surface area contributed by atoms with Crippen LogP contribution in [0.1, 0.15) is 71.6 Å². The van der Waals surface area contributed by atoms with Gasteiger partial charge in [-0.05, 0) is 80.5 Å². The Morgan fingerprint density at radius 1 is 0.913 bits per heavy atom. The van der Waals surface area contributed by atoms with Crippen molar-refractivity contribution in [3.63, 3.8) is 0 Å². The molecular weight excluding hydrogens is 288 g/mol. The Labute approximate surface area is 139 Å². The molecule has 4 aliphatic carbocycles. The highest BCUT2D eigenvalue weighted by atomic mass is 16.5. The summed E-state index contributed by atoms with van der Waals surface area (Å²) in [6.45, 7) is 4.50. The molecule has 4 fully saturated rings. The standard InChI is InChI=1S/C20H32O3/c1-18-11-9-17-15(16(18)8-6-14(18)12-21)7-5-13-4-3-10-20(22,23)19(13,17)2/h12-17,22-23H,3-11H2,1-2H3/t13-,14+,15-,16-,17-,18+,19-/m0/s1. The van der Waals surface area contributed by atoms with Crippen LogP contribution in [0.15, 0.2) is 0 Å². The Morgan fingerprint density at radius 2 is 1.70 bits per heavy atom. The van der Waals surface area contributed by atoms with Gasteiger partial charge < -0.3 is 15.0 Å². The first-order valence-corrected chi connectivity index (χ1v) is 9.74. The summed E-state index contributed by atoms with van der Waals surface area (Å²) in [5, 5.41) is 21.7. The van der Waals surface area contributed by atoms with Crippen LogP contribution >= 0.6 is 0 Å². The van der Waals surface area contributed by atoms with E-state index < -0.39 is 5.79 Å². The maximum atomic E-state index is 11.5. The van der Waals surface area contributed by atoms with Crippen molar-refractivity contribution in [1.82, 2.24) is 0 Å². The first-order valence-electron chi connectivity index (χ1n) is 9.74. The molecule has 0 saturated heterocycles. The third-order valence-corrected chi connectivity index (χ3v) is 9.08. The van der Waals surface area contributed by atoms with Gasteiger partial charge in [0.15, 0.2) is 5.79 Å². The predicted molar refractivity (Wildman–Crippen MR) is 88.4 cm³/mol. The first-order chi connectivity index (χ1) is 10.8. The number of hydrogen-bond acceptors (Lipinski definition) is 3. The Kier molecular flexibility index (Phi) is 3.53. The van der Waals surface area contributed by atoms with E-state index in [1.807, 2.05) is 0 Å². The summed E-state index contributed by atoms with van der Waals surface area (Å²) in [6, 6.07) is 0. The second-order valence-corrected chi connectivity index (χ2v) is 9.51. The minimum Gasteiger partial charge on any atom is -0.365 e. The molecule has 0 unspecified atom stereocenters. The van der Waals surface area contributed by atoms with Crippen LogP contribution in [0.4, 0.5) is 0 Å². The van der Waals surface area contributed by atoms with Crippen LogP contribution in [0.25, 0.3) is 0 Å². The molecule has 130 valence electrons. The van der Waals surface area contributed by atoms with Crippen molar-refractivity contribution in [1.29, 1.82) is 0 Å². The lowest BCUT2D eigenvalue weighted by Gasteiger charge is -2.63. The molecule has 3 nitrogen and oxygen atoms in total. The van der Waals surface area contributed by atoms with E-state index in [4.69, 9.17) is 0 Å². The maximum Gasteiger partial charge on any atom is 0.168 e. The molecule has 4 saturated carbocycles. The van der Waals surface area contributed by atoms with Crippen LogP contribution in [-0.2, 0) is 4.79 Å². The Hall–Kier alpha value is -0.410. The number of aldehydes is 1. The van der Waals surface area contributed by atoms with E-state index >= 15 is 0 Å². The molecule has 7 atom stereocenters. The molecule has 0 radical (unpaired) electrons. The van der Waals surface area contributed by atoms with E-state index in [1.165, 1.54) is 12.7 Å². The molecule has 0 aromatic carbocycles. The molecule has 0 heterocycles. The molecule has 0 aliphatic heterocycles. The van der Waals surface area contributed by atoms with Crippen molar-refractivity contribution >= 4 is 6.29 Å². The second-order valence-electron chi connectivity index (χ2n) is 9.51. The number of fused-ring (bicyclic) bond motifs is 5. The number of carbonyl (C=O) groups is 1. The summed E-state index contributed by atoms with van der Waals surface area (Å²) < 4.78 is 0. The highest BCUT2D eigenvalue weighted by molar-refractivity contribution is 5.56. The zero-order chi connectivity index (χ0) is 16.5. The molecule has 0 spiro atoms. The molecule has 23 heavy (non-hydrogen) atoms. The maximum absolute atomic E-state index is 11.5. The molecule has 4 rings (SSSR count). The molecule has 4 aliphatic rings. The molecule has 2 N–H and O–H groups in total. The van der Waals surface area contributed by atoms with Crippen molar-refractivity contribution in [2.45, 2.75) is 77.4 Å². The van der Waals surface area contributed by atoms with Crippen molar-refractivity contribution < 1.29 is 15.0 Å². The summed E-state index contributed by atoms with van der Waals surface area (Å²) >= 11 is 0. The van der Waals surface area contributed by atoms with Crippen LogP contribution in [0.3, 0.4) is 0 Å². The lowest BCUT2D eigenvalue weighted by Crippen LogP contribution is -2.63. The SMILES string of the molecule is C[C@]12CC[C@H]3[C@@H](CC[C@@H]4CCCC(O)(O)[C@@]43C)[C@@H]1CC[C@@H]2C=O. The summed E-state index contributed by atoms with van der Waals surface area (Å²) in [7, 11) is 0. The topological polar surface area (TPSA) is 57.5 Å². The Balaban J connectivity index is 1.70. The Morgan fingerprint density at radius 3 is 2.43 bits per heavy atom. The quantitative estimate of drug-likeness (QED) is 0.574. The van der Waals surface area contributed by atoms with E-state index in [-0.39, 0.29) is 16.7 Å². The summed E-state index contributed by atoms with van der Waals surface area (Å²) in [5.74, 6) is 0.775. The number of hydrogen-bond donors (Lipinski definition) is 2. The van der Waals surface area contributed by atoms with Crippen LogP contribution in [0, 0.1) is 40.4 Å². The lowest BCUT2D eigenvalue weighted by molar-refractivity contribution is -0.312. The highest BCUT2D eigenvalue weighted by Gasteiger charge is 2.65. The molecule has 0 aromatic heterocycles. The predicted octanol–water partition coefficient (Wildman–Crippen LogP) is 3.53. The lowest BCUT2D eigenvalue weighted by atomic mass is 9.43. The van der Waals surface area contributed by atoms with Gasteiger partial charge in [0.1, 0.15) is 6.29 Å². The van der Waals surface area contributed by atoms with Gasteiger partial charge >= 0.3 is 0 Å². The minimum atomic E-state index is -1.50. The fourth-order valence-corrected chi connectivity index (χ4v) is 7.63. The smallest absolute Gasteiger partial charge is 0.168 e. The van der Waals surface area contributed by atoms with Crippen LogP contribution in [-0.4, -0.2) is 22.3 Å². The number of rotatable bonds is 1. The average molecular weight is 320 g/mol. The van der Waals surface area contributed by atoms with Gasteiger partial charge in [-0.15, -0.1) is 0 Å². The van der Waals surface area contributed by atoms with E-state index in [9.17, 15) is 15.0 Å². The first kappa shape index (κ1) is 16.1. The van der Waals surface area contributed by atoms with Crippen LogP contribution < -0.4 is 0 Å². The zero-order valence-corrected chi connectivity index (χ0v) is 14.6. The third-order valence-electron chi connectivity index (χ3n) is 9.08. The van der Waals surface area contributed by atoms with Crippen molar-refractivity contribution in [2.75, 3.05) is 0 Å². The van der Waals surface area contributed by atoms with Gasteiger partial charge in [-0.25, -0.2) is 0 Å². The fourth-order valence-electron chi connectivity index (χ4n) is 7.63. The largest absolute Gasteiger partial charge is 0.365 e. The molecule has 3 heteroatoms. The molecule has 0 amide bonds. The van der Waals surface area contributed by atoms with Gasteiger partial charge in [-0.2, -0.15) is 0 Å². The van der Waals surface area contributed by atoms with E-state index in [0.29, 0.717) is 30.1 Å². The normalized spacial score (nSPS) is 54.7. The van der Waals surface area contributed by atoms with Crippen molar-refractivity contribution in [3.05, 3.63) is 0 Å². The number of carbonyl (C=O) groups excluding carboxylic acids is 1. The monoisotopic (exact) mass is 320 g/mol. The Bertz CT molecular complexity index is 501. The van der Waals surface area contributed by atoms with E-state index in [1.54, 1.807) is 0 Å². The summed E-state index contributed by atoms with van der Waals surface area (Å²) in [4.78, 5) is 11.5. The van der Waals surface area contributed by atoms with E-state index in [0.717, 1.165) is 44.9 Å². The van der Waals surface area contributed by atoms with Gasteiger partial charge in [0.05, 0.1) is 0 Å². The molecule has 0 bridgehead atoms. The highest BCUT2D eigenvalue weighted by Crippen LogP contribution is 2.68. The van der Waals surface area contributed by atoms with Gasteiger partial charge in [0.2, 0.25) is 0 Å². The van der Waals surface area contributed by atoms with E-state index in [2.05, 4.69) is 13.8 Å². The fraction of sp³-hybridized carbons (Fsp3) is 0.950. The average Bonchev–Trinajstić information content (AvgIpc) is 2.85. The van der Waals surface area contributed by atoms with Crippen molar-refractivity contribution in [2.24, 2.45) is 40.4 Å². The minimum absolute atomic E-state index is 0.161. The van der Waals surface area contributed by atoms with Gasteiger partial charge in [-0.3, -0.25) is 0 Å². The molecule has 0 aromatic rings. The summed E-state index contributed by atoms with van der Waals surface area (Å²) in [6.07, 6.45) is 10.5. The van der Waals surface area contributed by atoms with Gasteiger partial charge in [0, 0.05) is 17.8 Å². The zero-order valence-electron chi connectivity index (χ0n) is 14.6. The van der Waals surface area contributed by atoms with Crippen LogP contribution in [0.2, 0.25) is 0 Å². The van der Waals surface area contributed by atoms with Crippen LogP contribution in [0.5, 0.6) is 0 Å². The number of aliphatic hydroxyl groups is 2. The summed E-state index contributed by atoms with van der Waals surface area (Å²) in [5.41, 5.74) is -0.191. The van der Waals surface area contributed by atoms with Gasteiger partial charge in [0.25, 0.3) is 0 Å². The van der Waals surface area contributed by atoms with Crippen molar-refractivity contribution in [3.8, 4) is 0 Å². The van der Waals surface area contributed by atoms with Gasteiger partial charge in [-0.1, -0.05) is 13.8 Å². The molecular formula is C20H32O3. The third kappa shape index (κ3) is 1.93.